The fourth-order valence-corrected chi connectivity index (χ4v) is 4.10. The van der Waals surface area contributed by atoms with Gasteiger partial charge in [-0.1, -0.05) is 103 Å². The summed E-state index contributed by atoms with van der Waals surface area (Å²) in [4.78, 5) is 11.5. The van der Waals surface area contributed by atoms with Gasteiger partial charge < -0.3 is 31.3 Å². The smallest absolute Gasteiger partial charge is 0.333 e. The van der Waals surface area contributed by atoms with Crippen molar-refractivity contribution in [1.29, 1.82) is 0 Å². The van der Waals surface area contributed by atoms with Crippen molar-refractivity contribution in [2.75, 3.05) is 39.9 Å². The maximum atomic E-state index is 11.5. The molecule has 0 fully saturated rings. The molecule has 0 radical (unpaired) electrons. The Morgan fingerprint density at radius 3 is 1.53 bits per heavy atom. The Morgan fingerprint density at radius 2 is 1.16 bits per heavy atom. The highest BCUT2D eigenvalue weighted by molar-refractivity contribution is 5.86. The lowest BCUT2D eigenvalue weighted by Gasteiger charge is -2.34. The number of ether oxygens (including phenoxy) is 1. The molecule has 0 saturated carbocycles. The van der Waals surface area contributed by atoms with E-state index >= 15 is 0 Å². The lowest BCUT2D eigenvalue weighted by atomic mass is 10.0. The summed E-state index contributed by atoms with van der Waals surface area (Å²) in [6, 6.07) is 0. The van der Waals surface area contributed by atoms with Gasteiger partial charge in [-0.05, 0) is 19.8 Å². The van der Waals surface area contributed by atoms with Crippen LogP contribution in [0.25, 0.3) is 0 Å². The molecule has 0 aromatic heterocycles. The van der Waals surface area contributed by atoms with E-state index in [2.05, 4.69) is 20.6 Å². The van der Waals surface area contributed by atoms with Crippen molar-refractivity contribution in [2.45, 2.75) is 117 Å². The lowest BCUT2D eigenvalue weighted by Crippen LogP contribution is -3.00. The summed E-state index contributed by atoms with van der Waals surface area (Å²) in [6.07, 6.45) is 22.0. The number of likely N-dealkylation sites (N-methyl/N-ethyl adjacent to an activating group) is 1. The van der Waals surface area contributed by atoms with Gasteiger partial charge in [-0.2, -0.15) is 0 Å². The quantitative estimate of drug-likeness (QED) is 0.0965. The van der Waals surface area contributed by atoms with Gasteiger partial charge in [-0.25, -0.2) is 4.79 Å². The number of carbonyl (C=O) groups is 1. The van der Waals surface area contributed by atoms with E-state index in [1.54, 1.807) is 6.92 Å². The van der Waals surface area contributed by atoms with Gasteiger partial charge in [0.1, 0.15) is 19.7 Å². The van der Waals surface area contributed by atoms with E-state index in [0.717, 1.165) is 17.6 Å². The van der Waals surface area contributed by atoms with Crippen LogP contribution in [0.3, 0.4) is 0 Å². The molecule has 32 heavy (non-hydrogen) atoms. The van der Waals surface area contributed by atoms with Gasteiger partial charge in [0.15, 0.2) is 0 Å². The first-order valence-corrected chi connectivity index (χ1v) is 13.2. The van der Waals surface area contributed by atoms with Crippen LogP contribution in [0.1, 0.15) is 117 Å². The summed E-state index contributed by atoms with van der Waals surface area (Å²) < 4.78 is 6.01. The first-order chi connectivity index (χ1) is 14.9. The van der Waals surface area contributed by atoms with E-state index in [-0.39, 0.29) is 29.6 Å². The zero-order chi connectivity index (χ0) is 23.2. The monoisotopic (exact) mass is 519 g/mol. The number of unbranched alkanes of at least 4 members (excludes halogenated alkanes) is 15. The Morgan fingerprint density at radius 1 is 0.750 bits per heavy atom. The Kier molecular flexibility index (Phi) is 25.1. The van der Waals surface area contributed by atoms with Gasteiger partial charge in [0.25, 0.3) is 0 Å². The number of nitrogens with zero attached hydrogens (tertiary/aromatic N) is 1. The van der Waals surface area contributed by atoms with Gasteiger partial charge in [-0.15, -0.1) is 0 Å². The molecule has 0 aromatic carbocycles. The molecule has 0 aliphatic rings. The second kappa shape index (κ2) is 23.8. The predicted octanol–water partition coefficient (Wildman–Crippen LogP) is 3.81. The molecule has 0 rings (SSSR count). The maximum Gasteiger partial charge on any atom is 0.333 e. The number of aliphatic hydroxyl groups excluding tert-OH is 1. The molecule has 0 heterocycles. The highest BCUT2D eigenvalue weighted by atomic mass is 79.9. The predicted molar refractivity (Wildman–Crippen MR) is 133 cm³/mol. The minimum Gasteiger partial charge on any atom is -1.00 e. The first-order valence-electron chi connectivity index (χ1n) is 13.2. The van der Waals surface area contributed by atoms with E-state index in [1.165, 1.54) is 103 Å². The Bertz CT molecular complexity index is 445. The molecule has 0 aliphatic heterocycles. The Hall–Kier alpha value is -0.390. The van der Waals surface area contributed by atoms with Crippen molar-refractivity contribution < 1.29 is 36.1 Å². The highest BCUT2D eigenvalue weighted by Crippen LogP contribution is 2.14. The Balaban J connectivity index is 0. The van der Waals surface area contributed by atoms with Crippen molar-refractivity contribution in [3.63, 3.8) is 0 Å². The third-order valence-electron chi connectivity index (χ3n) is 6.40. The Labute approximate surface area is 210 Å². The number of aliphatic hydroxyl groups is 1. The zero-order valence-electron chi connectivity index (χ0n) is 21.6. The number of hydrogen-bond acceptors (Lipinski definition) is 3. The molecule has 0 aromatic rings. The minimum absolute atomic E-state index is 0. The summed E-state index contributed by atoms with van der Waals surface area (Å²) in [6.45, 7) is 10.6. The summed E-state index contributed by atoms with van der Waals surface area (Å²) in [7, 11) is 2.15. The molecule has 1 atom stereocenters. The standard InChI is InChI=1S/C27H54NO3.BrH/c1-5-6-7-8-9-10-11-12-13-14-15-16-17-18-19-20-21-28(4,22-24-29)23-25-31-27(30)26(2)3;/h29H,2,5-25H2,1,3-4H3;1H/q+1;/p-1. The van der Waals surface area contributed by atoms with Crippen molar-refractivity contribution >= 4 is 5.97 Å². The van der Waals surface area contributed by atoms with E-state index in [4.69, 9.17) is 4.74 Å². The fraction of sp³-hybridized carbons (Fsp3) is 0.889. The number of carbonyl (C=O) groups excluding carboxylic acids is 1. The summed E-state index contributed by atoms with van der Waals surface area (Å²) >= 11 is 0. The summed E-state index contributed by atoms with van der Waals surface area (Å²) in [5.74, 6) is -0.321. The zero-order valence-corrected chi connectivity index (χ0v) is 23.2. The highest BCUT2D eigenvalue weighted by Gasteiger charge is 2.21. The van der Waals surface area contributed by atoms with E-state index in [1.807, 2.05) is 0 Å². The SMILES string of the molecule is C=C(C)C(=O)OCC[N+](C)(CCO)CCCCCCCCCCCCCCCCCC.[Br-]. The van der Waals surface area contributed by atoms with E-state index in [9.17, 15) is 9.90 Å². The van der Waals surface area contributed by atoms with Gasteiger partial charge in [0.2, 0.25) is 0 Å². The van der Waals surface area contributed by atoms with E-state index < -0.39 is 0 Å². The number of hydrogen-bond donors (Lipinski definition) is 1. The number of esters is 1. The molecule has 1 N–H and O–H groups in total. The van der Waals surface area contributed by atoms with Crippen LogP contribution >= 0.6 is 0 Å². The summed E-state index contributed by atoms with van der Waals surface area (Å²) in [5, 5.41) is 9.40. The van der Waals surface area contributed by atoms with Crippen LogP contribution < -0.4 is 17.0 Å². The second-order valence-electron chi connectivity index (χ2n) is 9.73. The average molecular weight is 521 g/mol. The molecular weight excluding hydrogens is 466 g/mol. The van der Waals surface area contributed by atoms with Crippen molar-refractivity contribution in [3.8, 4) is 0 Å². The molecule has 0 amide bonds. The maximum absolute atomic E-state index is 11.5. The molecule has 1 unspecified atom stereocenters. The van der Waals surface area contributed by atoms with Crippen LogP contribution in [0.15, 0.2) is 12.2 Å². The van der Waals surface area contributed by atoms with Crippen molar-refractivity contribution in [3.05, 3.63) is 12.2 Å². The number of rotatable bonds is 23. The largest absolute Gasteiger partial charge is 1.00 e. The van der Waals surface area contributed by atoms with Crippen LogP contribution in [-0.4, -0.2) is 55.5 Å². The van der Waals surface area contributed by atoms with E-state index in [0.29, 0.717) is 18.7 Å². The van der Waals surface area contributed by atoms with Crippen LogP contribution in [0.4, 0.5) is 0 Å². The number of quaternary nitrogens is 1. The molecule has 0 spiro atoms. The van der Waals surface area contributed by atoms with Gasteiger partial charge in [-0.3, -0.25) is 0 Å². The molecule has 192 valence electrons. The average Bonchev–Trinajstić information content (AvgIpc) is 2.73. The first kappa shape index (κ1) is 33.8. The topological polar surface area (TPSA) is 46.5 Å². The molecular formula is C27H54BrNO3. The van der Waals surface area contributed by atoms with Crippen LogP contribution in [0, 0.1) is 0 Å². The lowest BCUT2D eigenvalue weighted by molar-refractivity contribution is -0.910. The third kappa shape index (κ3) is 21.5. The molecule has 5 heteroatoms. The molecule has 0 bridgehead atoms. The number of halogens is 1. The van der Waals surface area contributed by atoms with Crippen LogP contribution in [0.2, 0.25) is 0 Å². The summed E-state index contributed by atoms with van der Waals surface area (Å²) in [5.41, 5.74) is 0.439. The normalized spacial score (nSPS) is 12.8. The molecule has 4 nitrogen and oxygen atoms in total. The second-order valence-corrected chi connectivity index (χ2v) is 9.73. The van der Waals surface area contributed by atoms with Crippen molar-refractivity contribution in [1.82, 2.24) is 0 Å². The van der Waals surface area contributed by atoms with Gasteiger partial charge >= 0.3 is 5.97 Å². The van der Waals surface area contributed by atoms with Gasteiger partial charge in [0.05, 0.1) is 20.2 Å². The van der Waals surface area contributed by atoms with Crippen LogP contribution in [-0.2, 0) is 9.53 Å². The third-order valence-corrected chi connectivity index (χ3v) is 6.40. The van der Waals surface area contributed by atoms with Crippen LogP contribution in [0.5, 0.6) is 0 Å². The fourth-order valence-electron chi connectivity index (χ4n) is 4.10. The van der Waals surface area contributed by atoms with Crippen molar-refractivity contribution in [2.24, 2.45) is 0 Å². The molecule has 0 saturated heterocycles. The minimum atomic E-state index is -0.321. The molecule has 0 aliphatic carbocycles. The van der Waals surface area contributed by atoms with Gasteiger partial charge in [0, 0.05) is 5.57 Å².